The first-order chi connectivity index (χ1) is 8.53. The summed E-state index contributed by atoms with van der Waals surface area (Å²) in [5, 5.41) is 3.55. The maximum atomic E-state index is 5.37. The topological polar surface area (TPSA) is 39.1 Å². The van der Waals surface area contributed by atoms with Gasteiger partial charge < -0.3 is 14.6 Å². The minimum Gasteiger partial charge on any atom is -0.382 e. The Balaban J connectivity index is 1.89. The molecular formula is C14H25N3O. The average Bonchev–Trinajstić information content (AvgIpc) is 2.73. The Hall–Kier alpha value is -1.03. The van der Waals surface area contributed by atoms with Gasteiger partial charge >= 0.3 is 0 Å². The van der Waals surface area contributed by atoms with E-state index in [1.807, 2.05) is 13.8 Å². The predicted molar refractivity (Wildman–Crippen MR) is 73.9 cm³/mol. The molecule has 2 rings (SSSR count). The van der Waals surface area contributed by atoms with Crippen LogP contribution in [0.5, 0.6) is 0 Å². The van der Waals surface area contributed by atoms with Gasteiger partial charge in [0.25, 0.3) is 0 Å². The highest BCUT2D eigenvalue weighted by Gasteiger charge is 2.46. The summed E-state index contributed by atoms with van der Waals surface area (Å²) in [6, 6.07) is 0.574. The zero-order valence-electron chi connectivity index (χ0n) is 12.0. The number of aromatic nitrogens is 2. The zero-order valence-corrected chi connectivity index (χ0v) is 12.0. The summed E-state index contributed by atoms with van der Waals surface area (Å²) >= 11 is 0. The molecule has 1 heterocycles. The number of aryl methyl sites for hydroxylation is 2. The van der Waals surface area contributed by atoms with Crippen LogP contribution < -0.4 is 5.32 Å². The molecule has 0 aliphatic heterocycles. The van der Waals surface area contributed by atoms with Crippen LogP contribution in [0.15, 0.2) is 6.20 Å². The summed E-state index contributed by atoms with van der Waals surface area (Å²) in [5.41, 5.74) is 1.50. The highest BCUT2D eigenvalue weighted by atomic mass is 16.5. The lowest BCUT2D eigenvalue weighted by Gasteiger charge is -2.10. The molecule has 0 spiro atoms. The number of imidazole rings is 1. The molecule has 1 unspecified atom stereocenters. The second-order valence-corrected chi connectivity index (χ2v) is 5.84. The minimum atomic E-state index is 0.427. The SMILES string of the molecule is CCOCCCn1cc(C)nc1NC1CC1(C)C. The smallest absolute Gasteiger partial charge is 0.203 e. The van der Waals surface area contributed by atoms with Crippen molar-refractivity contribution in [3.63, 3.8) is 0 Å². The molecule has 1 aliphatic rings. The van der Waals surface area contributed by atoms with E-state index >= 15 is 0 Å². The van der Waals surface area contributed by atoms with Gasteiger partial charge in [-0.25, -0.2) is 4.98 Å². The average molecular weight is 251 g/mol. The first kappa shape index (κ1) is 13.4. The van der Waals surface area contributed by atoms with Crippen molar-refractivity contribution in [2.24, 2.45) is 5.41 Å². The molecule has 0 amide bonds. The minimum absolute atomic E-state index is 0.427. The van der Waals surface area contributed by atoms with Gasteiger partial charge in [-0.1, -0.05) is 13.8 Å². The van der Waals surface area contributed by atoms with E-state index in [1.54, 1.807) is 0 Å². The molecular weight excluding hydrogens is 226 g/mol. The number of nitrogens with zero attached hydrogens (tertiary/aromatic N) is 2. The van der Waals surface area contributed by atoms with E-state index in [4.69, 9.17) is 4.74 Å². The van der Waals surface area contributed by atoms with Crippen LogP contribution in [-0.2, 0) is 11.3 Å². The molecule has 1 saturated carbocycles. The maximum Gasteiger partial charge on any atom is 0.203 e. The Labute approximate surface area is 110 Å². The van der Waals surface area contributed by atoms with Gasteiger partial charge in [-0.3, -0.25) is 0 Å². The molecule has 18 heavy (non-hydrogen) atoms. The molecule has 0 saturated heterocycles. The van der Waals surface area contributed by atoms with Crippen molar-refractivity contribution in [3.05, 3.63) is 11.9 Å². The molecule has 1 N–H and O–H groups in total. The van der Waals surface area contributed by atoms with Gasteiger partial charge in [0.2, 0.25) is 5.95 Å². The van der Waals surface area contributed by atoms with Crippen molar-refractivity contribution in [2.45, 2.75) is 53.1 Å². The van der Waals surface area contributed by atoms with Crippen LogP contribution in [0.25, 0.3) is 0 Å². The fraction of sp³-hybridized carbons (Fsp3) is 0.786. The van der Waals surface area contributed by atoms with Crippen LogP contribution in [0.4, 0.5) is 5.95 Å². The predicted octanol–water partition coefficient (Wildman–Crippen LogP) is 2.83. The van der Waals surface area contributed by atoms with E-state index in [2.05, 4.69) is 34.9 Å². The summed E-state index contributed by atoms with van der Waals surface area (Å²) in [6.45, 7) is 11.2. The third-order valence-electron chi connectivity index (χ3n) is 3.61. The summed E-state index contributed by atoms with van der Waals surface area (Å²) in [5.74, 6) is 1.01. The van der Waals surface area contributed by atoms with Gasteiger partial charge in [-0.15, -0.1) is 0 Å². The van der Waals surface area contributed by atoms with Gasteiger partial charge in [0.1, 0.15) is 0 Å². The lowest BCUT2D eigenvalue weighted by atomic mass is 10.2. The standard InChI is InChI=1S/C14H25N3O/c1-5-18-8-6-7-17-10-11(2)15-13(17)16-12-9-14(12,3)4/h10,12H,5-9H2,1-4H3,(H,15,16). The van der Waals surface area contributed by atoms with Crippen molar-refractivity contribution < 1.29 is 4.74 Å². The lowest BCUT2D eigenvalue weighted by Crippen LogP contribution is -2.14. The Kier molecular flexibility index (Phi) is 3.95. The summed E-state index contributed by atoms with van der Waals surface area (Å²) in [6.07, 6.45) is 4.38. The van der Waals surface area contributed by atoms with Crippen LogP contribution in [0.1, 0.15) is 39.3 Å². The van der Waals surface area contributed by atoms with Gasteiger partial charge in [0.05, 0.1) is 5.69 Å². The number of hydrogen-bond donors (Lipinski definition) is 1. The van der Waals surface area contributed by atoms with Crippen LogP contribution in [0.2, 0.25) is 0 Å². The van der Waals surface area contributed by atoms with Crippen molar-refractivity contribution >= 4 is 5.95 Å². The van der Waals surface area contributed by atoms with E-state index in [9.17, 15) is 0 Å². The van der Waals surface area contributed by atoms with Gasteiger partial charge in [0, 0.05) is 32.0 Å². The number of anilines is 1. The van der Waals surface area contributed by atoms with E-state index in [0.29, 0.717) is 11.5 Å². The Morgan fingerprint density at radius 3 is 2.89 bits per heavy atom. The van der Waals surface area contributed by atoms with Crippen molar-refractivity contribution in [1.82, 2.24) is 9.55 Å². The normalized spacial score (nSPS) is 21.0. The van der Waals surface area contributed by atoms with E-state index in [1.165, 1.54) is 6.42 Å². The number of rotatable bonds is 7. The number of hydrogen-bond acceptors (Lipinski definition) is 3. The van der Waals surface area contributed by atoms with Crippen LogP contribution in [0.3, 0.4) is 0 Å². The molecule has 1 aromatic heterocycles. The van der Waals surface area contributed by atoms with Crippen molar-refractivity contribution in [2.75, 3.05) is 18.5 Å². The van der Waals surface area contributed by atoms with Crippen LogP contribution >= 0.6 is 0 Å². The third kappa shape index (κ3) is 3.25. The molecule has 102 valence electrons. The Bertz CT molecular complexity index is 398. The maximum absolute atomic E-state index is 5.37. The number of ether oxygens (including phenoxy) is 1. The van der Waals surface area contributed by atoms with Crippen LogP contribution in [-0.4, -0.2) is 28.8 Å². The first-order valence-corrected chi connectivity index (χ1v) is 6.91. The third-order valence-corrected chi connectivity index (χ3v) is 3.61. The molecule has 1 fully saturated rings. The molecule has 1 atom stereocenters. The van der Waals surface area contributed by atoms with Crippen molar-refractivity contribution in [1.29, 1.82) is 0 Å². The quantitative estimate of drug-likeness (QED) is 0.757. The molecule has 0 aromatic carbocycles. The molecule has 0 bridgehead atoms. The lowest BCUT2D eigenvalue weighted by molar-refractivity contribution is 0.142. The summed E-state index contributed by atoms with van der Waals surface area (Å²) < 4.78 is 7.59. The van der Waals surface area contributed by atoms with Gasteiger partial charge in [-0.05, 0) is 32.1 Å². The highest BCUT2D eigenvalue weighted by molar-refractivity contribution is 5.34. The summed E-state index contributed by atoms with van der Waals surface area (Å²) in [7, 11) is 0. The van der Waals surface area contributed by atoms with E-state index in [0.717, 1.165) is 37.8 Å². The Morgan fingerprint density at radius 1 is 1.56 bits per heavy atom. The fourth-order valence-electron chi connectivity index (χ4n) is 2.18. The highest BCUT2D eigenvalue weighted by Crippen LogP contribution is 2.46. The van der Waals surface area contributed by atoms with E-state index in [-0.39, 0.29) is 0 Å². The monoisotopic (exact) mass is 251 g/mol. The second-order valence-electron chi connectivity index (χ2n) is 5.84. The molecule has 1 aromatic rings. The summed E-state index contributed by atoms with van der Waals surface area (Å²) in [4.78, 5) is 4.57. The van der Waals surface area contributed by atoms with Crippen molar-refractivity contribution in [3.8, 4) is 0 Å². The van der Waals surface area contributed by atoms with Gasteiger partial charge in [0.15, 0.2) is 0 Å². The molecule has 0 radical (unpaired) electrons. The molecule has 1 aliphatic carbocycles. The number of nitrogens with one attached hydrogen (secondary N) is 1. The Morgan fingerprint density at radius 2 is 2.28 bits per heavy atom. The van der Waals surface area contributed by atoms with Gasteiger partial charge in [-0.2, -0.15) is 0 Å². The second kappa shape index (κ2) is 5.31. The fourth-order valence-corrected chi connectivity index (χ4v) is 2.18. The molecule has 4 nitrogen and oxygen atoms in total. The zero-order chi connectivity index (χ0) is 13.2. The first-order valence-electron chi connectivity index (χ1n) is 6.91. The van der Waals surface area contributed by atoms with Crippen LogP contribution in [0, 0.1) is 12.3 Å². The largest absolute Gasteiger partial charge is 0.382 e. The van der Waals surface area contributed by atoms with E-state index < -0.39 is 0 Å². The molecule has 4 heteroatoms.